The van der Waals surface area contributed by atoms with Crippen LogP contribution in [-0.2, 0) is 6.54 Å². The van der Waals surface area contributed by atoms with E-state index in [1.807, 2.05) is 38.5 Å². The van der Waals surface area contributed by atoms with Gasteiger partial charge in [0.2, 0.25) is 5.95 Å². The second kappa shape index (κ2) is 8.61. The molecule has 0 spiro atoms. The fourth-order valence-electron chi connectivity index (χ4n) is 4.05. The van der Waals surface area contributed by atoms with Crippen LogP contribution in [0.15, 0.2) is 42.6 Å². The molecule has 1 fully saturated rings. The van der Waals surface area contributed by atoms with Gasteiger partial charge >= 0.3 is 0 Å². The number of aromatic nitrogens is 3. The summed E-state index contributed by atoms with van der Waals surface area (Å²) in [6.45, 7) is 2.01. The lowest BCUT2D eigenvalue weighted by atomic mass is 9.86. The van der Waals surface area contributed by atoms with E-state index in [0.717, 1.165) is 41.7 Å². The third-order valence-corrected chi connectivity index (χ3v) is 5.60. The summed E-state index contributed by atoms with van der Waals surface area (Å²) in [7, 11) is 4.06. The molecule has 0 amide bonds. The first-order valence-electron chi connectivity index (χ1n) is 10.2. The van der Waals surface area contributed by atoms with Crippen LogP contribution >= 0.6 is 0 Å². The minimum atomic E-state index is 0.454. The van der Waals surface area contributed by atoms with Crippen LogP contribution in [0.25, 0.3) is 10.9 Å². The molecule has 1 aliphatic rings. The van der Waals surface area contributed by atoms with Gasteiger partial charge < -0.3 is 20.5 Å². The SMILES string of the molecule is CN(C)c1nc(NC2CCC(CNCc3ccc[nH]3)CC2)nc2ccccc12. The zero-order chi connectivity index (χ0) is 19.3. The minimum Gasteiger partial charge on any atom is -0.364 e. The molecule has 2 aromatic heterocycles. The molecule has 3 aromatic rings. The Kier molecular flexibility index (Phi) is 5.76. The van der Waals surface area contributed by atoms with Crippen molar-refractivity contribution in [2.75, 3.05) is 30.9 Å². The molecule has 4 rings (SSSR count). The lowest BCUT2D eigenvalue weighted by molar-refractivity contribution is 0.323. The first-order chi connectivity index (χ1) is 13.7. The molecular formula is C22H30N6. The number of rotatable bonds is 7. The molecule has 148 valence electrons. The van der Waals surface area contributed by atoms with Gasteiger partial charge in [-0.2, -0.15) is 4.98 Å². The van der Waals surface area contributed by atoms with E-state index in [-0.39, 0.29) is 0 Å². The third kappa shape index (κ3) is 4.44. The molecule has 0 bridgehead atoms. The van der Waals surface area contributed by atoms with Crippen molar-refractivity contribution in [1.82, 2.24) is 20.3 Å². The Morgan fingerprint density at radius 3 is 2.61 bits per heavy atom. The molecule has 6 nitrogen and oxygen atoms in total. The summed E-state index contributed by atoms with van der Waals surface area (Å²) in [5.41, 5.74) is 2.24. The summed E-state index contributed by atoms with van der Waals surface area (Å²) >= 11 is 0. The highest BCUT2D eigenvalue weighted by Crippen LogP contribution is 2.28. The molecule has 1 saturated carbocycles. The summed E-state index contributed by atoms with van der Waals surface area (Å²) in [5, 5.41) is 8.27. The quantitative estimate of drug-likeness (QED) is 0.584. The van der Waals surface area contributed by atoms with Crippen LogP contribution < -0.4 is 15.5 Å². The first-order valence-corrected chi connectivity index (χ1v) is 10.2. The highest BCUT2D eigenvalue weighted by Gasteiger charge is 2.22. The van der Waals surface area contributed by atoms with Crippen molar-refractivity contribution in [3.05, 3.63) is 48.3 Å². The fraction of sp³-hybridized carbons (Fsp3) is 0.455. The topological polar surface area (TPSA) is 68.9 Å². The second-order valence-electron chi connectivity index (χ2n) is 7.97. The molecule has 3 N–H and O–H groups in total. The number of nitrogens with zero attached hydrogens (tertiary/aromatic N) is 3. The Balaban J connectivity index is 1.32. The van der Waals surface area contributed by atoms with Crippen molar-refractivity contribution >= 4 is 22.7 Å². The van der Waals surface area contributed by atoms with Crippen molar-refractivity contribution in [3.8, 4) is 0 Å². The van der Waals surface area contributed by atoms with Crippen LogP contribution in [0.2, 0.25) is 0 Å². The van der Waals surface area contributed by atoms with Crippen LogP contribution in [-0.4, -0.2) is 41.6 Å². The van der Waals surface area contributed by atoms with Crippen molar-refractivity contribution in [3.63, 3.8) is 0 Å². The van der Waals surface area contributed by atoms with E-state index < -0.39 is 0 Å². The van der Waals surface area contributed by atoms with Gasteiger partial charge in [-0.1, -0.05) is 12.1 Å². The molecule has 6 heteroatoms. The number of hydrogen-bond acceptors (Lipinski definition) is 5. The van der Waals surface area contributed by atoms with Gasteiger partial charge in [0, 0.05) is 44.0 Å². The van der Waals surface area contributed by atoms with Crippen LogP contribution in [0.3, 0.4) is 0 Å². The number of H-pyrrole nitrogens is 1. The summed E-state index contributed by atoms with van der Waals surface area (Å²) in [4.78, 5) is 14.8. The van der Waals surface area contributed by atoms with E-state index in [4.69, 9.17) is 9.97 Å². The van der Waals surface area contributed by atoms with Crippen molar-refractivity contribution in [2.24, 2.45) is 5.92 Å². The Morgan fingerprint density at radius 2 is 1.86 bits per heavy atom. The van der Waals surface area contributed by atoms with Crippen molar-refractivity contribution in [1.29, 1.82) is 0 Å². The van der Waals surface area contributed by atoms with E-state index in [2.05, 4.69) is 38.7 Å². The van der Waals surface area contributed by atoms with Gasteiger partial charge in [-0.05, 0) is 62.4 Å². The monoisotopic (exact) mass is 378 g/mol. The zero-order valence-corrected chi connectivity index (χ0v) is 16.8. The maximum atomic E-state index is 4.78. The number of aromatic amines is 1. The molecule has 2 heterocycles. The fourth-order valence-corrected chi connectivity index (χ4v) is 4.05. The number of para-hydroxylation sites is 1. The lowest BCUT2D eigenvalue weighted by Crippen LogP contribution is -2.31. The first kappa shape index (κ1) is 18.7. The predicted molar refractivity (Wildman–Crippen MR) is 116 cm³/mol. The van der Waals surface area contributed by atoms with Crippen LogP contribution in [0, 0.1) is 5.92 Å². The zero-order valence-electron chi connectivity index (χ0n) is 16.8. The Hall–Kier alpha value is -2.60. The Morgan fingerprint density at radius 1 is 1.04 bits per heavy atom. The number of anilines is 2. The van der Waals surface area contributed by atoms with Crippen LogP contribution in [0.4, 0.5) is 11.8 Å². The molecule has 1 aliphatic carbocycles. The van der Waals surface area contributed by atoms with E-state index in [0.29, 0.717) is 6.04 Å². The smallest absolute Gasteiger partial charge is 0.225 e. The molecule has 0 atom stereocenters. The average Bonchev–Trinajstić information content (AvgIpc) is 3.22. The molecule has 0 aliphatic heterocycles. The van der Waals surface area contributed by atoms with Gasteiger partial charge in [-0.15, -0.1) is 0 Å². The molecule has 0 radical (unpaired) electrons. The van der Waals surface area contributed by atoms with Gasteiger partial charge in [0.15, 0.2) is 0 Å². The molecule has 0 unspecified atom stereocenters. The van der Waals surface area contributed by atoms with Gasteiger partial charge in [0.25, 0.3) is 0 Å². The normalized spacial score (nSPS) is 19.6. The number of fused-ring (bicyclic) bond motifs is 1. The molecule has 0 saturated heterocycles. The molecule has 1 aromatic carbocycles. The number of nitrogens with one attached hydrogen (secondary N) is 3. The number of hydrogen-bond donors (Lipinski definition) is 3. The largest absolute Gasteiger partial charge is 0.364 e. The maximum absolute atomic E-state index is 4.78. The van der Waals surface area contributed by atoms with Crippen molar-refractivity contribution in [2.45, 2.75) is 38.3 Å². The van der Waals surface area contributed by atoms with E-state index >= 15 is 0 Å². The minimum absolute atomic E-state index is 0.454. The van der Waals surface area contributed by atoms with E-state index in [1.54, 1.807) is 0 Å². The summed E-state index contributed by atoms with van der Waals surface area (Å²) in [5.74, 6) is 2.47. The van der Waals surface area contributed by atoms with Crippen LogP contribution in [0.5, 0.6) is 0 Å². The molecule has 28 heavy (non-hydrogen) atoms. The Labute approximate surface area is 166 Å². The maximum Gasteiger partial charge on any atom is 0.225 e. The lowest BCUT2D eigenvalue weighted by Gasteiger charge is -2.29. The van der Waals surface area contributed by atoms with Gasteiger partial charge in [0.1, 0.15) is 5.82 Å². The van der Waals surface area contributed by atoms with E-state index in [1.165, 1.54) is 31.4 Å². The van der Waals surface area contributed by atoms with E-state index in [9.17, 15) is 0 Å². The summed E-state index contributed by atoms with van der Waals surface area (Å²) in [6.07, 6.45) is 6.79. The van der Waals surface area contributed by atoms with Gasteiger partial charge in [-0.3, -0.25) is 0 Å². The Bertz CT molecular complexity index is 881. The highest BCUT2D eigenvalue weighted by atomic mass is 15.2. The third-order valence-electron chi connectivity index (χ3n) is 5.60. The van der Waals surface area contributed by atoms with Gasteiger partial charge in [0.05, 0.1) is 5.52 Å². The molecular weight excluding hydrogens is 348 g/mol. The summed E-state index contributed by atoms with van der Waals surface area (Å²) < 4.78 is 0. The van der Waals surface area contributed by atoms with Crippen molar-refractivity contribution < 1.29 is 0 Å². The van der Waals surface area contributed by atoms with Gasteiger partial charge in [-0.25, -0.2) is 4.98 Å². The highest BCUT2D eigenvalue weighted by molar-refractivity contribution is 5.90. The predicted octanol–water partition coefficient (Wildman–Crippen LogP) is 3.78. The number of benzene rings is 1. The average molecular weight is 379 g/mol. The van der Waals surface area contributed by atoms with Crippen LogP contribution in [0.1, 0.15) is 31.4 Å². The second-order valence-corrected chi connectivity index (χ2v) is 7.97. The standard InChI is InChI=1S/C22H30N6/c1-28(2)21-19-7-3-4-8-20(19)26-22(27-21)25-17-11-9-16(10-12-17)14-23-15-18-6-5-13-24-18/h3-8,13,16-17,23-24H,9-12,14-15H2,1-2H3,(H,25,26,27). The summed E-state index contributed by atoms with van der Waals surface area (Å²) in [6, 6.07) is 12.8.